The summed E-state index contributed by atoms with van der Waals surface area (Å²) >= 11 is 0. The van der Waals surface area contributed by atoms with Crippen molar-refractivity contribution in [1.82, 2.24) is 5.32 Å². The highest BCUT2D eigenvalue weighted by atomic mass is 16.3. The van der Waals surface area contributed by atoms with E-state index in [2.05, 4.69) is 11.2 Å². The summed E-state index contributed by atoms with van der Waals surface area (Å²) in [7, 11) is 0. The molecule has 0 heterocycles. The van der Waals surface area contributed by atoms with Crippen LogP contribution < -0.4 is 5.32 Å². The number of nitrogens with one attached hydrogen (secondary N) is 1. The second kappa shape index (κ2) is 3.93. The molecule has 1 aliphatic carbocycles. The Hall–Kier alpha value is -0.520. The first-order chi connectivity index (χ1) is 5.64. The molecule has 0 radical (unpaired) electrons. The molecule has 2 N–H and O–H groups in total. The zero-order chi connectivity index (χ0) is 9.03. The Morgan fingerprint density at radius 3 is 2.83 bits per heavy atom. The van der Waals surface area contributed by atoms with E-state index in [9.17, 15) is 5.11 Å². The Morgan fingerprint density at radius 1 is 1.67 bits per heavy atom. The average Bonchev–Trinajstić information content (AvgIpc) is 2.81. The molecular formula is C10H17NO. The molecule has 1 rings (SSSR count). The topological polar surface area (TPSA) is 32.3 Å². The van der Waals surface area contributed by atoms with Gasteiger partial charge >= 0.3 is 0 Å². The van der Waals surface area contributed by atoms with E-state index in [0.29, 0.717) is 25.4 Å². The summed E-state index contributed by atoms with van der Waals surface area (Å²) in [6, 6.07) is 0.655. The minimum atomic E-state index is -0.630. The SMILES string of the molecule is C#CCCC(C)(O)CNC1CC1. The summed E-state index contributed by atoms with van der Waals surface area (Å²) in [4.78, 5) is 0. The van der Waals surface area contributed by atoms with Gasteiger partial charge < -0.3 is 10.4 Å². The van der Waals surface area contributed by atoms with Crippen molar-refractivity contribution in [3.63, 3.8) is 0 Å². The molecule has 0 bridgehead atoms. The number of aliphatic hydroxyl groups is 1. The molecule has 68 valence electrons. The van der Waals surface area contributed by atoms with Crippen LogP contribution in [0.2, 0.25) is 0 Å². The van der Waals surface area contributed by atoms with Gasteiger partial charge in [0, 0.05) is 19.0 Å². The van der Waals surface area contributed by atoms with E-state index in [1.807, 2.05) is 6.92 Å². The van der Waals surface area contributed by atoms with E-state index in [0.717, 1.165) is 0 Å². The van der Waals surface area contributed by atoms with Crippen molar-refractivity contribution >= 4 is 0 Å². The quantitative estimate of drug-likeness (QED) is 0.596. The maximum atomic E-state index is 9.76. The number of hydrogen-bond acceptors (Lipinski definition) is 2. The van der Waals surface area contributed by atoms with Crippen LogP contribution in [0, 0.1) is 12.3 Å². The van der Waals surface area contributed by atoms with Crippen LogP contribution in [0.1, 0.15) is 32.6 Å². The standard InChI is InChI=1S/C10H17NO/c1-3-4-7-10(2,12)8-11-9-5-6-9/h1,9,11-12H,4-8H2,2H3. The third kappa shape index (κ3) is 3.75. The van der Waals surface area contributed by atoms with E-state index in [4.69, 9.17) is 6.42 Å². The molecule has 1 atom stereocenters. The Labute approximate surface area is 74.4 Å². The molecule has 2 nitrogen and oxygen atoms in total. The molecule has 0 saturated heterocycles. The fourth-order valence-electron chi connectivity index (χ4n) is 1.08. The molecule has 0 aromatic carbocycles. The predicted molar refractivity (Wildman–Crippen MR) is 49.7 cm³/mol. The van der Waals surface area contributed by atoms with E-state index < -0.39 is 5.60 Å². The zero-order valence-electron chi connectivity index (χ0n) is 7.64. The largest absolute Gasteiger partial charge is 0.389 e. The predicted octanol–water partition coefficient (Wildman–Crippen LogP) is 0.903. The summed E-state index contributed by atoms with van der Waals surface area (Å²) in [5, 5.41) is 13.1. The molecular weight excluding hydrogens is 150 g/mol. The highest BCUT2D eigenvalue weighted by Crippen LogP contribution is 2.20. The van der Waals surface area contributed by atoms with Crippen LogP contribution >= 0.6 is 0 Å². The van der Waals surface area contributed by atoms with Crippen LogP contribution in [-0.4, -0.2) is 23.3 Å². The van der Waals surface area contributed by atoms with Gasteiger partial charge in [-0.1, -0.05) is 0 Å². The van der Waals surface area contributed by atoms with Crippen LogP contribution in [0.25, 0.3) is 0 Å². The molecule has 2 heteroatoms. The second-order valence-corrected chi connectivity index (χ2v) is 3.86. The van der Waals surface area contributed by atoms with Gasteiger partial charge in [0.15, 0.2) is 0 Å². The van der Waals surface area contributed by atoms with E-state index in [1.54, 1.807) is 0 Å². The van der Waals surface area contributed by atoms with Crippen LogP contribution in [0.3, 0.4) is 0 Å². The molecule has 0 aliphatic heterocycles. The molecule has 0 aromatic rings. The molecule has 0 aromatic heterocycles. The average molecular weight is 167 g/mol. The zero-order valence-corrected chi connectivity index (χ0v) is 7.64. The third-order valence-electron chi connectivity index (χ3n) is 2.16. The third-order valence-corrected chi connectivity index (χ3v) is 2.16. The van der Waals surface area contributed by atoms with Gasteiger partial charge in [-0.25, -0.2) is 0 Å². The Kier molecular flexibility index (Phi) is 3.13. The highest BCUT2D eigenvalue weighted by Gasteiger charge is 2.25. The molecule has 12 heavy (non-hydrogen) atoms. The Balaban J connectivity index is 2.12. The van der Waals surface area contributed by atoms with E-state index >= 15 is 0 Å². The second-order valence-electron chi connectivity index (χ2n) is 3.86. The first-order valence-electron chi connectivity index (χ1n) is 4.53. The van der Waals surface area contributed by atoms with Gasteiger partial charge in [-0.2, -0.15) is 0 Å². The molecule has 1 fully saturated rings. The summed E-state index contributed by atoms with van der Waals surface area (Å²) in [6.45, 7) is 2.50. The van der Waals surface area contributed by atoms with Crippen molar-refractivity contribution in [2.45, 2.75) is 44.2 Å². The van der Waals surface area contributed by atoms with Crippen molar-refractivity contribution in [1.29, 1.82) is 0 Å². The van der Waals surface area contributed by atoms with Crippen LogP contribution in [0.15, 0.2) is 0 Å². The van der Waals surface area contributed by atoms with E-state index in [1.165, 1.54) is 12.8 Å². The lowest BCUT2D eigenvalue weighted by molar-refractivity contribution is 0.0520. The molecule has 1 saturated carbocycles. The Morgan fingerprint density at radius 2 is 2.33 bits per heavy atom. The first kappa shape index (κ1) is 9.57. The summed E-state index contributed by atoms with van der Waals surface area (Å²) < 4.78 is 0. The highest BCUT2D eigenvalue weighted by molar-refractivity contribution is 4.90. The van der Waals surface area contributed by atoms with Crippen LogP contribution in [-0.2, 0) is 0 Å². The molecule has 1 aliphatic rings. The monoisotopic (exact) mass is 167 g/mol. The van der Waals surface area contributed by atoms with Gasteiger partial charge in [0.05, 0.1) is 5.60 Å². The normalized spacial score (nSPS) is 21.4. The van der Waals surface area contributed by atoms with E-state index in [-0.39, 0.29) is 0 Å². The van der Waals surface area contributed by atoms with Crippen LogP contribution in [0.4, 0.5) is 0 Å². The van der Waals surface area contributed by atoms with Gasteiger partial charge in [0.1, 0.15) is 0 Å². The lowest BCUT2D eigenvalue weighted by atomic mass is 10.0. The van der Waals surface area contributed by atoms with Crippen molar-refractivity contribution in [2.75, 3.05) is 6.54 Å². The van der Waals surface area contributed by atoms with Crippen molar-refractivity contribution in [3.8, 4) is 12.3 Å². The smallest absolute Gasteiger partial charge is 0.0752 e. The number of rotatable bonds is 5. The van der Waals surface area contributed by atoms with Crippen LogP contribution in [0.5, 0.6) is 0 Å². The summed E-state index contributed by atoms with van der Waals surface area (Å²) in [5.41, 5.74) is -0.630. The van der Waals surface area contributed by atoms with Gasteiger partial charge in [0.25, 0.3) is 0 Å². The number of terminal acetylenes is 1. The maximum absolute atomic E-state index is 9.76. The number of hydrogen-bond donors (Lipinski definition) is 2. The molecule has 0 spiro atoms. The minimum Gasteiger partial charge on any atom is -0.389 e. The van der Waals surface area contributed by atoms with Crippen molar-refractivity contribution in [3.05, 3.63) is 0 Å². The summed E-state index contributed by atoms with van der Waals surface area (Å²) in [6.07, 6.45) is 8.97. The molecule has 1 unspecified atom stereocenters. The summed E-state index contributed by atoms with van der Waals surface area (Å²) in [5.74, 6) is 2.54. The van der Waals surface area contributed by atoms with Gasteiger partial charge in [-0.05, 0) is 26.2 Å². The van der Waals surface area contributed by atoms with Gasteiger partial charge in [-0.15, -0.1) is 12.3 Å². The lowest BCUT2D eigenvalue weighted by Gasteiger charge is -2.22. The lowest BCUT2D eigenvalue weighted by Crippen LogP contribution is -2.38. The first-order valence-corrected chi connectivity index (χ1v) is 4.53. The molecule has 0 amide bonds. The van der Waals surface area contributed by atoms with Crippen molar-refractivity contribution < 1.29 is 5.11 Å². The Bertz CT molecular complexity index is 177. The maximum Gasteiger partial charge on any atom is 0.0752 e. The van der Waals surface area contributed by atoms with Gasteiger partial charge in [0.2, 0.25) is 0 Å². The van der Waals surface area contributed by atoms with Crippen molar-refractivity contribution in [2.24, 2.45) is 0 Å². The fourth-order valence-corrected chi connectivity index (χ4v) is 1.08. The van der Waals surface area contributed by atoms with Gasteiger partial charge in [-0.3, -0.25) is 0 Å². The minimum absolute atomic E-state index is 0.630. The fraction of sp³-hybridized carbons (Fsp3) is 0.800.